The standard InChI is InChI=1S/C24H20ClF3N2O3.C13H8F3NO3/c25-19-6-2-17(3-7-19)23(32)11-13-30(14-12-23)22(31)16-1-10-21(29-15-16)33-20-8-4-18(5-9-20)24(26,27)28;14-13(15,16)9-2-4-10(5-3-9)20-11-6-1-8(7-17-11)12(18)19/h1-10,15,32H,11-14H2;1-7H,(H,18,19). The number of hydrogen-bond donors (Lipinski definition) is 2. The zero-order valence-electron chi connectivity index (χ0n) is 27.2. The summed E-state index contributed by atoms with van der Waals surface area (Å²) in [5.41, 5.74) is -1.45. The van der Waals surface area contributed by atoms with Gasteiger partial charge in [-0.2, -0.15) is 26.3 Å². The van der Waals surface area contributed by atoms with Crippen LogP contribution in [0.1, 0.15) is 50.2 Å². The summed E-state index contributed by atoms with van der Waals surface area (Å²) in [6, 6.07) is 21.1. The van der Waals surface area contributed by atoms with Gasteiger partial charge in [-0.25, -0.2) is 14.8 Å². The van der Waals surface area contributed by atoms with Crippen LogP contribution in [0.15, 0.2) is 109 Å². The van der Waals surface area contributed by atoms with Crippen molar-refractivity contribution in [3.63, 3.8) is 0 Å². The third-order valence-electron chi connectivity index (χ3n) is 8.03. The number of benzene rings is 3. The Hall–Kier alpha value is -5.67. The lowest BCUT2D eigenvalue weighted by Crippen LogP contribution is -2.45. The molecule has 0 spiro atoms. The maximum Gasteiger partial charge on any atom is 0.416 e. The molecule has 1 saturated heterocycles. The van der Waals surface area contributed by atoms with Crippen LogP contribution in [0.3, 0.4) is 0 Å². The van der Waals surface area contributed by atoms with Crippen LogP contribution >= 0.6 is 11.6 Å². The number of aliphatic hydroxyl groups is 1. The molecular weight excluding hydrogens is 732 g/mol. The number of halogens is 7. The number of pyridine rings is 2. The van der Waals surface area contributed by atoms with Crippen LogP contribution in [0, 0.1) is 0 Å². The maximum atomic E-state index is 12.8. The van der Waals surface area contributed by atoms with E-state index in [2.05, 4.69) is 9.97 Å². The van der Waals surface area contributed by atoms with Crippen LogP contribution in [-0.2, 0) is 18.0 Å². The van der Waals surface area contributed by atoms with Crippen LogP contribution < -0.4 is 9.47 Å². The van der Waals surface area contributed by atoms with Crippen LogP contribution in [0.5, 0.6) is 23.3 Å². The molecule has 276 valence electrons. The number of rotatable bonds is 7. The van der Waals surface area contributed by atoms with Crippen molar-refractivity contribution in [2.75, 3.05) is 13.1 Å². The number of hydrogen-bond acceptors (Lipinski definition) is 7. The highest BCUT2D eigenvalue weighted by atomic mass is 35.5. The van der Waals surface area contributed by atoms with E-state index in [1.165, 1.54) is 36.5 Å². The van der Waals surface area contributed by atoms with Crippen LogP contribution in [0.4, 0.5) is 26.3 Å². The number of aromatic nitrogens is 2. The summed E-state index contributed by atoms with van der Waals surface area (Å²) < 4.78 is 85.7. The minimum absolute atomic E-state index is 0.00947. The van der Waals surface area contributed by atoms with E-state index in [-0.39, 0.29) is 34.7 Å². The number of alkyl halides is 6. The topological polar surface area (TPSA) is 122 Å². The monoisotopic (exact) mass is 759 g/mol. The Balaban J connectivity index is 0.000000231. The van der Waals surface area contributed by atoms with E-state index >= 15 is 0 Å². The molecule has 16 heteroatoms. The van der Waals surface area contributed by atoms with Gasteiger partial charge in [0.1, 0.15) is 11.5 Å². The number of carbonyl (C=O) groups is 2. The molecule has 2 N–H and O–H groups in total. The Morgan fingerprint density at radius 3 is 1.47 bits per heavy atom. The largest absolute Gasteiger partial charge is 0.478 e. The number of carbonyl (C=O) groups excluding carboxylic acids is 1. The van der Waals surface area contributed by atoms with Crippen molar-refractivity contribution in [2.24, 2.45) is 0 Å². The van der Waals surface area contributed by atoms with Gasteiger partial charge in [0.05, 0.1) is 27.9 Å². The molecule has 0 radical (unpaired) electrons. The second-order valence-electron chi connectivity index (χ2n) is 11.7. The van der Waals surface area contributed by atoms with Crippen LogP contribution in [0.25, 0.3) is 0 Å². The molecule has 3 aromatic carbocycles. The quantitative estimate of drug-likeness (QED) is 0.158. The number of carboxylic acids is 1. The van der Waals surface area contributed by atoms with E-state index in [1.807, 2.05) is 0 Å². The van der Waals surface area contributed by atoms with Crippen LogP contribution in [0.2, 0.25) is 5.02 Å². The van der Waals surface area contributed by atoms with Gasteiger partial charge in [0, 0.05) is 42.6 Å². The minimum atomic E-state index is -4.42. The predicted molar refractivity (Wildman–Crippen MR) is 179 cm³/mol. The lowest BCUT2D eigenvalue weighted by atomic mass is 9.84. The number of amides is 1. The molecule has 0 saturated carbocycles. The molecule has 0 aliphatic carbocycles. The number of ether oxygens (including phenoxy) is 2. The van der Waals surface area contributed by atoms with Crippen molar-refractivity contribution in [2.45, 2.75) is 30.8 Å². The van der Waals surface area contributed by atoms with Gasteiger partial charge in [-0.1, -0.05) is 23.7 Å². The fourth-order valence-corrected chi connectivity index (χ4v) is 5.24. The van der Waals surface area contributed by atoms with Crippen molar-refractivity contribution in [3.05, 3.63) is 142 Å². The minimum Gasteiger partial charge on any atom is -0.478 e. The Labute approximate surface area is 303 Å². The molecule has 9 nitrogen and oxygen atoms in total. The Morgan fingerprint density at radius 2 is 1.09 bits per heavy atom. The summed E-state index contributed by atoms with van der Waals surface area (Å²) >= 11 is 5.92. The summed E-state index contributed by atoms with van der Waals surface area (Å²) in [4.78, 5) is 32.9. The number of aromatic carboxylic acids is 1. The van der Waals surface area contributed by atoms with Crippen LogP contribution in [-0.4, -0.2) is 50.0 Å². The van der Waals surface area contributed by atoms with E-state index in [4.69, 9.17) is 26.2 Å². The van der Waals surface area contributed by atoms with Gasteiger partial charge in [-0.15, -0.1) is 0 Å². The summed E-state index contributed by atoms with van der Waals surface area (Å²) in [7, 11) is 0. The fraction of sp³-hybridized carbons (Fsp3) is 0.189. The summed E-state index contributed by atoms with van der Waals surface area (Å²) in [6.45, 7) is 0.754. The first-order valence-electron chi connectivity index (χ1n) is 15.6. The van der Waals surface area contributed by atoms with Crippen molar-refractivity contribution in [3.8, 4) is 23.3 Å². The fourth-order valence-electron chi connectivity index (χ4n) is 5.11. The Bertz CT molecular complexity index is 2000. The lowest BCUT2D eigenvalue weighted by Gasteiger charge is -2.38. The third-order valence-corrected chi connectivity index (χ3v) is 8.29. The number of likely N-dealkylation sites (tertiary alicyclic amines) is 1. The Morgan fingerprint density at radius 1 is 0.660 bits per heavy atom. The normalized spacial score (nSPS) is 14.1. The van der Waals surface area contributed by atoms with Crippen molar-refractivity contribution in [1.29, 1.82) is 0 Å². The maximum absolute atomic E-state index is 12.8. The molecule has 1 aliphatic heterocycles. The summed E-state index contributed by atoms with van der Waals surface area (Å²) in [5, 5.41) is 20.2. The lowest BCUT2D eigenvalue weighted by molar-refractivity contribution is -0.138. The first-order valence-corrected chi connectivity index (χ1v) is 16.0. The molecule has 3 heterocycles. The average molecular weight is 760 g/mol. The van der Waals surface area contributed by atoms with Gasteiger partial charge in [0.15, 0.2) is 0 Å². The molecule has 1 fully saturated rings. The van der Waals surface area contributed by atoms with Gasteiger partial charge < -0.3 is 24.6 Å². The number of carboxylic acid groups (broad SMARTS) is 1. The second kappa shape index (κ2) is 15.9. The SMILES string of the molecule is O=C(O)c1ccc(Oc2ccc(C(F)(F)F)cc2)nc1.O=C(c1ccc(Oc2ccc(C(F)(F)F)cc2)nc1)N1CCC(O)(c2ccc(Cl)cc2)CC1. The van der Waals surface area contributed by atoms with Crippen molar-refractivity contribution >= 4 is 23.5 Å². The first kappa shape index (κ1) is 38.6. The van der Waals surface area contributed by atoms with E-state index in [9.17, 15) is 41.0 Å². The predicted octanol–water partition coefficient (Wildman–Crippen LogP) is 9.26. The molecule has 5 aromatic rings. The highest BCUT2D eigenvalue weighted by Gasteiger charge is 2.36. The molecule has 2 aromatic heterocycles. The summed E-state index contributed by atoms with van der Waals surface area (Å²) in [6.07, 6.45) is -5.58. The molecular formula is C37H28ClF6N3O6. The molecule has 0 atom stereocenters. The number of nitrogens with zero attached hydrogens (tertiary/aromatic N) is 3. The van der Waals surface area contributed by atoms with Gasteiger partial charge in [0.25, 0.3) is 5.91 Å². The smallest absolute Gasteiger partial charge is 0.416 e. The molecule has 53 heavy (non-hydrogen) atoms. The van der Waals surface area contributed by atoms with E-state index in [1.54, 1.807) is 35.2 Å². The van der Waals surface area contributed by atoms with E-state index in [0.29, 0.717) is 36.5 Å². The van der Waals surface area contributed by atoms with Gasteiger partial charge in [0.2, 0.25) is 11.8 Å². The van der Waals surface area contributed by atoms with Crippen molar-refractivity contribution < 1.29 is 55.6 Å². The molecule has 0 unspecified atom stereocenters. The molecule has 1 amide bonds. The highest BCUT2D eigenvalue weighted by molar-refractivity contribution is 6.30. The van der Waals surface area contributed by atoms with E-state index in [0.717, 1.165) is 48.2 Å². The van der Waals surface area contributed by atoms with E-state index < -0.39 is 35.0 Å². The Kier molecular flexibility index (Phi) is 11.6. The summed E-state index contributed by atoms with van der Waals surface area (Å²) in [5.74, 6) is -0.724. The zero-order valence-corrected chi connectivity index (χ0v) is 28.0. The zero-order chi connectivity index (χ0) is 38.4. The third kappa shape index (κ3) is 10.2. The average Bonchev–Trinajstić information content (AvgIpc) is 3.12. The van der Waals surface area contributed by atoms with Gasteiger partial charge >= 0.3 is 18.3 Å². The first-order chi connectivity index (χ1) is 25.0. The second-order valence-corrected chi connectivity index (χ2v) is 12.1. The van der Waals surface area contributed by atoms with Gasteiger partial charge in [-0.3, -0.25) is 4.79 Å². The molecule has 1 aliphatic rings. The highest BCUT2D eigenvalue weighted by Crippen LogP contribution is 2.35. The molecule has 0 bridgehead atoms. The van der Waals surface area contributed by atoms with Crippen molar-refractivity contribution in [1.82, 2.24) is 14.9 Å². The molecule has 6 rings (SSSR count). The van der Waals surface area contributed by atoms with Gasteiger partial charge in [-0.05, 0) is 91.2 Å². The number of piperidine rings is 1.